The summed E-state index contributed by atoms with van der Waals surface area (Å²) < 4.78 is 5.70. The molecule has 0 bridgehead atoms. The minimum Gasteiger partial charge on any atom is -0.457 e. The van der Waals surface area contributed by atoms with Crippen molar-refractivity contribution in [3.05, 3.63) is 88.0 Å². The molecule has 0 N–H and O–H groups in total. The summed E-state index contributed by atoms with van der Waals surface area (Å²) in [7, 11) is 0. The first-order valence-corrected chi connectivity index (χ1v) is 9.80. The van der Waals surface area contributed by atoms with Gasteiger partial charge in [0.05, 0.1) is 21.7 Å². The number of rotatable bonds is 5. The number of fused-ring (bicyclic) bond motifs is 1. The van der Waals surface area contributed by atoms with Crippen molar-refractivity contribution >= 4 is 35.0 Å². The maximum atomic E-state index is 13.0. The van der Waals surface area contributed by atoms with Crippen molar-refractivity contribution in [1.29, 1.82) is 0 Å². The van der Waals surface area contributed by atoms with Gasteiger partial charge in [-0.1, -0.05) is 12.1 Å². The summed E-state index contributed by atoms with van der Waals surface area (Å²) in [5, 5.41) is 10.7. The highest BCUT2D eigenvalue weighted by Gasteiger charge is 2.37. The molecule has 29 heavy (non-hydrogen) atoms. The van der Waals surface area contributed by atoms with Gasteiger partial charge in [0.25, 0.3) is 17.5 Å². The molecule has 1 aliphatic heterocycles. The second kappa shape index (κ2) is 7.40. The summed E-state index contributed by atoms with van der Waals surface area (Å²) in [5.74, 6) is -0.0512. The van der Waals surface area contributed by atoms with Crippen LogP contribution in [0.2, 0.25) is 0 Å². The number of nitrogens with zero attached hydrogens (tertiary/aromatic N) is 2. The monoisotopic (exact) mass is 406 g/mol. The fourth-order valence-electron chi connectivity index (χ4n) is 3.09. The van der Waals surface area contributed by atoms with Gasteiger partial charge in [-0.15, -0.1) is 11.8 Å². The minimum atomic E-state index is -0.496. The molecule has 1 aliphatic rings. The predicted molar refractivity (Wildman–Crippen MR) is 109 cm³/mol. The lowest BCUT2D eigenvalue weighted by Gasteiger charge is -2.16. The van der Waals surface area contributed by atoms with Crippen LogP contribution in [-0.2, 0) is 0 Å². The number of amides is 2. The third-order valence-electron chi connectivity index (χ3n) is 4.47. The summed E-state index contributed by atoms with van der Waals surface area (Å²) in [6.45, 7) is 0. The molecule has 0 fully saturated rings. The summed E-state index contributed by atoms with van der Waals surface area (Å²) in [5.41, 5.74) is 1.06. The van der Waals surface area contributed by atoms with E-state index in [1.54, 1.807) is 24.3 Å². The maximum Gasteiger partial charge on any atom is 0.269 e. The third kappa shape index (κ3) is 3.34. The van der Waals surface area contributed by atoms with Crippen LogP contribution in [-0.4, -0.2) is 23.0 Å². The van der Waals surface area contributed by atoms with Crippen molar-refractivity contribution in [2.45, 2.75) is 4.90 Å². The lowest BCUT2D eigenvalue weighted by Crippen LogP contribution is -2.29. The summed E-state index contributed by atoms with van der Waals surface area (Å²) >= 11 is 1.45. The van der Waals surface area contributed by atoms with Gasteiger partial charge in [-0.05, 0) is 48.7 Å². The minimum absolute atomic E-state index is 0.0461. The fraction of sp³-hybridized carbons (Fsp3) is 0.0476. The largest absolute Gasteiger partial charge is 0.457 e. The first kappa shape index (κ1) is 18.7. The Labute approximate surface area is 170 Å². The predicted octanol–water partition coefficient (Wildman–Crippen LogP) is 4.91. The quantitative estimate of drug-likeness (QED) is 0.259. The van der Waals surface area contributed by atoms with Crippen LogP contribution in [0.5, 0.6) is 11.5 Å². The molecule has 3 aromatic carbocycles. The van der Waals surface area contributed by atoms with E-state index in [0.29, 0.717) is 22.7 Å². The number of anilines is 1. The lowest BCUT2D eigenvalue weighted by molar-refractivity contribution is -0.384. The Bertz CT molecular complexity index is 1140. The number of thioether (sulfide) groups is 1. The van der Waals surface area contributed by atoms with E-state index in [1.165, 1.54) is 47.0 Å². The second-order valence-electron chi connectivity index (χ2n) is 6.18. The molecule has 0 atom stereocenters. The molecule has 0 saturated carbocycles. The van der Waals surface area contributed by atoms with E-state index >= 15 is 0 Å². The van der Waals surface area contributed by atoms with Gasteiger partial charge in [-0.2, -0.15) is 0 Å². The molecular formula is C21H14N2O5S. The Kier molecular flexibility index (Phi) is 4.77. The number of hydrogen-bond acceptors (Lipinski definition) is 6. The van der Waals surface area contributed by atoms with E-state index in [2.05, 4.69) is 0 Å². The van der Waals surface area contributed by atoms with Crippen LogP contribution < -0.4 is 9.64 Å². The van der Waals surface area contributed by atoms with Gasteiger partial charge in [0.2, 0.25) is 0 Å². The Morgan fingerprint density at radius 2 is 1.55 bits per heavy atom. The molecule has 4 rings (SSSR count). The Hall–Kier alpha value is -3.65. The van der Waals surface area contributed by atoms with Crippen LogP contribution in [0, 0.1) is 10.1 Å². The fourth-order valence-corrected chi connectivity index (χ4v) is 3.67. The molecule has 0 saturated heterocycles. The Balaban J connectivity index is 1.64. The highest BCUT2D eigenvalue weighted by molar-refractivity contribution is 7.98. The molecule has 0 unspecified atom stereocenters. The topological polar surface area (TPSA) is 89.8 Å². The standard InChI is InChI=1S/C21H14N2O5S/c1-29-19-5-3-2-4-18(19)22-20(24)16-11-10-15(12-17(16)21(22)25)28-14-8-6-13(7-9-14)23(26)27/h2-12H,1H3. The molecule has 144 valence electrons. The highest BCUT2D eigenvalue weighted by Crippen LogP contribution is 2.36. The molecular weight excluding hydrogens is 392 g/mol. The molecule has 0 radical (unpaired) electrons. The number of ether oxygens (including phenoxy) is 1. The van der Waals surface area contributed by atoms with Crippen LogP contribution in [0.15, 0.2) is 71.6 Å². The molecule has 0 aromatic heterocycles. The Morgan fingerprint density at radius 1 is 0.897 bits per heavy atom. The van der Waals surface area contributed by atoms with Crippen molar-refractivity contribution in [1.82, 2.24) is 0 Å². The number of hydrogen-bond donors (Lipinski definition) is 0. The summed E-state index contributed by atoms with van der Waals surface area (Å²) in [6, 6.07) is 17.5. The average molecular weight is 406 g/mol. The third-order valence-corrected chi connectivity index (χ3v) is 5.25. The maximum absolute atomic E-state index is 13.0. The van der Waals surface area contributed by atoms with E-state index in [1.807, 2.05) is 18.4 Å². The van der Waals surface area contributed by atoms with Crippen molar-refractivity contribution < 1.29 is 19.2 Å². The van der Waals surface area contributed by atoms with E-state index in [0.717, 1.165) is 4.90 Å². The number of nitro groups is 1. The molecule has 3 aromatic rings. The average Bonchev–Trinajstić information content (AvgIpc) is 2.98. The van der Waals surface area contributed by atoms with Crippen molar-refractivity contribution in [3.63, 3.8) is 0 Å². The zero-order valence-corrected chi connectivity index (χ0v) is 16.0. The van der Waals surface area contributed by atoms with Gasteiger partial charge >= 0.3 is 0 Å². The van der Waals surface area contributed by atoms with Crippen LogP contribution in [0.3, 0.4) is 0 Å². The normalized spacial score (nSPS) is 12.8. The van der Waals surface area contributed by atoms with Gasteiger partial charge in [0, 0.05) is 17.0 Å². The molecule has 0 aliphatic carbocycles. The first-order chi connectivity index (χ1) is 14.0. The van der Waals surface area contributed by atoms with Gasteiger partial charge in [0.1, 0.15) is 11.5 Å². The van der Waals surface area contributed by atoms with Crippen LogP contribution in [0.1, 0.15) is 20.7 Å². The van der Waals surface area contributed by atoms with Crippen molar-refractivity contribution in [2.75, 3.05) is 11.2 Å². The van der Waals surface area contributed by atoms with Crippen molar-refractivity contribution in [2.24, 2.45) is 0 Å². The molecule has 7 nitrogen and oxygen atoms in total. The van der Waals surface area contributed by atoms with Crippen LogP contribution >= 0.6 is 11.8 Å². The van der Waals surface area contributed by atoms with E-state index < -0.39 is 10.8 Å². The number of non-ortho nitro benzene ring substituents is 1. The summed E-state index contributed by atoms with van der Waals surface area (Å²) in [4.78, 5) is 38.1. The number of imide groups is 1. The first-order valence-electron chi connectivity index (χ1n) is 8.58. The van der Waals surface area contributed by atoms with Gasteiger partial charge < -0.3 is 4.74 Å². The SMILES string of the molecule is CSc1ccccc1N1C(=O)c2ccc(Oc3ccc([N+](=O)[O-])cc3)cc2C1=O. The van der Waals surface area contributed by atoms with Gasteiger partial charge in [0.15, 0.2) is 0 Å². The Morgan fingerprint density at radius 3 is 2.24 bits per heavy atom. The smallest absolute Gasteiger partial charge is 0.269 e. The van der Waals surface area contributed by atoms with Gasteiger partial charge in [-0.3, -0.25) is 19.7 Å². The molecule has 2 amide bonds. The van der Waals surface area contributed by atoms with Gasteiger partial charge in [-0.25, -0.2) is 4.90 Å². The summed E-state index contributed by atoms with van der Waals surface area (Å²) in [6.07, 6.45) is 1.88. The number of carbonyl (C=O) groups excluding carboxylic acids is 2. The zero-order valence-electron chi connectivity index (χ0n) is 15.2. The molecule has 0 spiro atoms. The van der Waals surface area contributed by atoms with Crippen LogP contribution in [0.4, 0.5) is 11.4 Å². The number of carbonyl (C=O) groups is 2. The molecule has 8 heteroatoms. The number of benzene rings is 3. The number of para-hydroxylation sites is 1. The van der Waals surface area contributed by atoms with Crippen LogP contribution in [0.25, 0.3) is 0 Å². The second-order valence-corrected chi connectivity index (χ2v) is 7.03. The van der Waals surface area contributed by atoms with E-state index in [-0.39, 0.29) is 17.2 Å². The lowest BCUT2D eigenvalue weighted by atomic mass is 10.1. The highest BCUT2D eigenvalue weighted by atomic mass is 32.2. The number of nitro benzene ring substituents is 1. The molecule has 1 heterocycles. The zero-order chi connectivity index (χ0) is 20.5. The van der Waals surface area contributed by atoms with Crippen molar-refractivity contribution in [3.8, 4) is 11.5 Å². The van der Waals surface area contributed by atoms with E-state index in [9.17, 15) is 19.7 Å². The van der Waals surface area contributed by atoms with E-state index in [4.69, 9.17) is 4.74 Å².